The first-order valence-corrected chi connectivity index (χ1v) is 25.9. The molecule has 1 aliphatic carbocycles. The number of hydrogen-bond donors (Lipinski definition) is 4. The Morgan fingerprint density at radius 1 is 0.718 bits per heavy atom. The molecule has 2 aromatic heterocycles. The summed E-state index contributed by atoms with van der Waals surface area (Å²) in [5.41, 5.74) is 9.27. The van der Waals surface area contributed by atoms with Crippen LogP contribution in [0.15, 0.2) is 36.5 Å². The van der Waals surface area contributed by atoms with Crippen LogP contribution < -0.4 is 15.4 Å². The molecule has 17 heteroatoms. The van der Waals surface area contributed by atoms with E-state index in [-0.39, 0.29) is 84.7 Å². The van der Waals surface area contributed by atoms with Crippen LogP contribution in [-0.2, 0) is 48.0 Å². The second kappa shape index (κ2) is 19.9. The van der Waals surface area contributed by atoms with Crippen molar-refractivity contribution in [3.05, 3.63) is 65.0 Å². The predicted octanol–water partition coefficient (Wildman–Crippen LogP) is 8.48. The number of ether oxygens (including phenoxy) is 5. The molecule has 10 rings (SSSR count). The zero-order valence-corrected chi connectivity index (χ0v) is 42.3. The van der Waals surface area contributed by atoms with Crippen LogP contribution >= 0.6 is 0 Å². The first kappa shape index (κ1) is 48.7. The Morgan fingerprint density at radius 3 is 2.06 bits per heavy atom. The number of H-pyrrole nitrogens is 2. The molecular formula is C54H70N8O9. The van der Waals surface area contributed by atoms with Gasteiger partial charge in [0.1, 0.15) is 30.0 Å². The third kappa shape index (κ3) is 9.63. The van der Waals surface area contributed by atoms with Crippen LogP contribution in [-0.4, -0.2) is 117 Å². The molecule has 4 amide bonds. The lowest BCUT2D eigenvalue weighted by molar-refractivity contribution is -0.140. The Labute approximate surface area is 415 Å². The molecule has 4 fully saturated rings. The van der Waals surface area contributed by atoms with Gasteiger partial charge in [0.25, 0.3) is 0 Å². The average molecular weight is 975 g/mol. The normalized spacial score (nSPS) is 28.6. The van der Waals surface area contributed by atoms with E-state index in [2.05, 4.69) is 64.8 Å². The van der Waals surface area contributed by atoms with Crippen LogP contribution in [0, 0.1) is 11.8 Å². The molecule has 4 N–H and O–H groups in total. The molecule has 6 aliphatic rings. The predicted molar refractivity (Wildman–Crippen MR) is 264 cm³/mol. The summed E-state index contributed by atoms with van der Waals surface area (Å²) in [6, 6.07) is 9.19. The fraction of sp³-hybridized carbons (Fsp3) is 0.593. The van der Waals surface area contributed by atoms with Gasteiger partial charge < -0.3 is 54.1 Å². The summed E-state index contributed by atoms with van der Waals surface area (Å²) in [5.74, 6) is 2.18. The minimum absolute atomic E-state index is 0.00239. The van der Waals surface area contributed by atoms with Crippen molar-refractivity contribution < 1.29 is 42.9 Å². The van der Waals surface area contributed by atoms with E-state index in [0.29, 0.717) is 25.3 Å². The van der Waals surface area contributed by atoms with E-state index in [1.54, 1.807) is 0 Å². The maximum Gasteiger partial charge on any atom is 0.407 e. The van der Waals surface area contributed by atoms with E-state index < -0.39 is 18.2 Å². The number of fused-ring (bicyclic) bond motifs is 6. The molecule has 2 aromatic carbocycles. The van der Waals surface area contributed by atoms with Gasteiger partial charge in [-0.15, -0.1) is 0 Å². The highest BCUT2D eigenvalue weighted by atomic mass is 16.5. The Morgan fingerprint density at radius 2 is 1.37 bits per heavy atom. The summed E-state index contributed by atoms with van der Waals surface area (Å²) in [4.78, 5) is 75.3. The van der Waals surface area contributed by atoms with E-state index in [4.69, 9.17) is 33.7 Å². The van der Waals surface area contributed by atoms with E-state index in [1.165, 1.54) is 19.8 Å². The smallest absolute Gasteiger partial charge is 0.407 e. The lowest BCUT2D eigenvalue weighted by Crippen LogP contribution is -2.55. The molecule has 0 radical (unpaired) electrons. The lowest BCUT2D eigenvalue weighted by Gasteiger charge is -2.39. The number of benzene rings is 2. The largest absolute Gasteiger partial charge is 0.488 e. The molecule has 17 nitrogen and oxygen atoms in total. The Hall–Kier alpha value is -5.94. The van der Waals surface area contributed by atoms with Gasteiger partial charge in [0.15, 0.2) is 0 Å². The summed E-state index contributed by atoms with van der Waals surface area (Å²) in [6.45, 7) is 12.7. The maximum absolute atomic E-state index is 14.5. The Bertz CT molecular complexity index is 2640. The zero-order valence-electron chi connectivity index (χ0n) is 42.3. The highest BCUT2D eigenvalue weighted by molar-refractivity contribution is 5.87. The number of aromatic nitrogens is 4. The zero-order chi connectivity index (χ0) is 49.8. The van der Waals surface area contributed by atoms with Gasteiger partial charge in [-0.1, -0.05) is 12.1 Å². The summed E-state index contributed by atoms with van der Waals surface area (Å²) < 4.78 is 28.5. The van der Waals surface area contributed by atoms with E-state index in [9.17, 15) is 19.2 Å². The first-order chi connectivity index (χ1) is 34.2. The minimum Gasteiger partial charge on any atom is -0.488 e. The van der Waals surface area contributed by atoms with Crippen LogP contribution in [0.1, 0.15) is 140 Å². The number of likely N-dealkylation sites (tertiary alicyclic amines) is 2. The molecule has 4 saturated heterocycles. The van der Waals surface area contributed by atoms with Gasteiger partial charge in [-0.3, -0.25) is 9.59 Å². The van der Waals surface area contributed by atoms with Crippen LogP contribution in [0.3, 0.4) is 0 Å². The van der Waals surface area contributed by atoms with Crippen molar-refractivity contribution in [3.63, 3.8) is 0 Å². The molecule has 0 bridgehead atoms. The third-order valence-electron chi connectivity index (χ3n) is 16.2. The summed E-state index contributed by atoms with van der Waals surface area (Å²) in [7, 11) is 2.67. The van der Waals surface area contributed by atoms with Crippen molar-refractivity contribution in [1.29, 1.82) is 0 Å². The number of carbonyl (C=O) groups is 4. The number of hydrogen-bond acceptors (Lipinski definition) is 11. The SMILES string of the molecule is COC(=O)N[C@H](C(=O)N1[C@@H](C)CC[C@H]1c1ncc(-c2ccc3c(c2)COc2cc4c(cc2-3)CCc2[nH]c(C3CC[C@H](C)N3C(=O)C[C@@H](NC(=O)OC)C3C[C@@H](C)O[C@H](C)C3)nc2-4)[nH]1)C1C[C@@H](C)O[C@H](C)C1. The van der Waals surface area contributed by atoms with Gasteiger partial charge in [-0.25, -0.2) is 19.6 Å². The summed E-state index contributed by atoms with van der Waals surface area (Å²) in [5, 5.41) is 5.89. The highest BCUT2D eigenvalue weighted by Gasteiger charge is 2.45. The van der Waals surface area contributed by atoms with Crippen LogP contribution in [0.25, 0.3) is 33.6 Å². The van der Waals surface area contributed by atoms with E-state index >= 15 is 0 Å². The number of rotatable bonds is 10. The molecule has 0 spiro atoms. The molecule has 71 heavy (non-hydrogen) atoms. The van der Waals surface area contributed by atoms with Gasteiger partial charge >= 0.3 is 12.2 Å². The van der Waals surface area contributed by atoms with Gasteiger partial charge in [0, 0.05) is 41.4 Å². The number of aryl methyl sites for hydroxylation is 2. The Balaban J connectivity index is 0.857. The standard InChI is InChI=1S/C54H70N8O9/c1-27-9-16-45(61(27)47(63)24-42(58-53(65)67-7)35-17-29(3)70-30(4)18-35)51-56-41-14-12-33-22-40-38-13-11-34(21-37(38)26-69-46(40)23-39(33)49(41)59-51)43-25-55-50(57-43)44-15-10-28(2)62(44)52(64)48(60-54(66)68-8)36-19-31(5)71-32(6)20-36/h11,13,21-23,25,27-32,35-36,42,44-45,48H,9-10,12,14-20,24,26H2,1-8H3,(H,55,57)(H,56,59)(H,58,65)(H,60,66)/t27-,28-,29+,30+,31+,32+,42+,44-,45?,48-/m0/s1. The van der Waals surface area contributed by atoms with Crippen molar-refractivity contribution in [3.8, 4) is 39.4 Å². The second-order valence-electron chi connectivity index (χ2n) is 21.3. The molecule has 4 aromatic rings. The third-order valence-corrected chi connectivity index (χ3v) is 16.2. The number of aromatic amines is 2. The van der Waals surface area contributed by atoms with Gasteiger partial charge in [-0.2, -0.15) is 0 Å². The van der Waals surface area contributed by atoms with E-state index in [1.807, 2.05) is 43.7 Å². The number of nitrogens with zero attached hydrogens (tertiary/aromatic N) is 4. The molecule has 10 atom stereocenters. The van der Waals surface area contributed by atoms with Gasteiger partial charge in [0.05, 0.1) is 68.3 Å². The molecule has 0 saturated carbocycles. The summed E-state index contributed by atoms with van der Waals surface area (Å²) >= 11 is 0. The fourth-order valence-electron chi connectivity index (χ4n) is 13.0. The quantitative estimate of drug-likeness (QED) is 0.119. The van der Waals surface area contributed by atoms with Crippen molar-refractivity contribution in [2.24, 2.45) is 11.8 Å². The van der Waals surface area contributed by atoms with Gasteiger partial charge in [-0.05, 0) is 158 Å². The molecule has 1 unspecified atom stereocenters. The number of alkyl carbamates (subject to hydrolysis) is 2. The monoisotopic (exact) mass is 975 g/mol. The second-order valence-corrected chi connectivity index (χ2v) is 21.3. The summed E-state index contributed by atoms with van der Waals surface area (Å²) in [6.07, 6.45) is 8.54. The molecule has 7 heterocycles. The lowest BCUT2D eigenvalue weighted by atomic mass is 9.84. The van der Waals surface area contributed by atoms with Crippen LogP contribution in [0.2, 0.25) is 0 Å². The molecular weight excluding hydrogens is 905 g/mol. The highest BCUT2D eigenvalue weighted by Crippen LogP contribution is 2.47. The fourth-order valence-corrected chi connectivity index (χ4v) is 13.0. The first-order valence-electron chi connectivity index (χ1n) is 25.9. The number of carbonyl (C=O) groups excluding carboxylic acids is 4. The molecule has 380 valence electrons. The number of amides is 4. The maximum atomic E-state index is 14.5. The average Bonchev–Trinajstić information content (AvgIpc) is 4.17. The van der Waals surface area contributed by atoms with Gasteiger partial charge in [0.2, 0.25) is 11.8 Å². The minimum atomic E-state index is -0.745. The van der Waals surface area contributed by atoms with Crippen LogP contribution in [0.5, 0.6) is 5.75 Å². The van der Waals surface area contributed by atoms with E-state index in [0.717, 1.165) is 108 Å². The number of nitrogens with one attached hydrogen (secondary N) is 4. The molecule has 5 aliphatic heterocycles. The van der Waals surface area contributed by atoms with Crippen molar-refractivity contribution in [2.75, 3.05) is 14.2 Å². The van der Waals surface area contributed by atoms with Crippen LogP contribution in [0.4, 0.5) is 9.59 Å². The van der Waals surface area contributed by atoms with Crippen molar-refractivity contribution >= 4 is 24.0 Å². The number of methoxy groups -OCH3 is 2. The topological polar surface area (TPSA) is 202 Å². The Kier molecular flexibility index (Phi) is 13.7. The van der Waals surface area contributed by atoms with Crippen molar-refractivity contribution in [2.45, 2.75) is 179 Å². The van der Waals surface area contributed by atoms with Crippen molar-refractivity contribution in [1.82, 2.24) is 40.4 Å². The number of imidazole rings is 2.